The highest BCUT2D eigenvalue weighted by atomic mass is 15.1. The Hall–Kier alpha value is -0.820. The molecule has 0 spiro atoms. The average Bonchev–Trinajstić information content (AvgIpc) is 2.72. The number of benzene rings is 1. The molecule has 1 aliphatic heterocycles. The number of rotatable bonds is 3. The Kier molecular flexibility index (Phi) is 3.20. The molecule has 0 N–H and O–H groups in total. The van der Waals surface area contributed by atoms with E-state index in [1.54, 1.807) is 0 Å². The number of nitrogens with zero attached hydrogens (tertiary/aromatic N) is 1. The minimum absolute atomic E-state index is 0.0747. The summed E-state index contributed by atoms with van der Waals surface area (Å²) < 4.78 is 0. The Labute approximate surface area is 86.7 Å². The van der Waals surface area contributed by atoms with E-state index >= 15 is 0 Å². The van der Waals surface area contributed by atoms with Gasteiger partial charge in [-0.3, -0.25) is 0 Å². The van der Waals surface area contributed by atoms with Crippen LogP contribution in [0.25, 0.3) is 0 Å². The quantitative estimate of drug-likeness (QED) is 0.701. The van der Waals surface area contributed by atoms with Crippen molar-refractivity contribution >= 4 is 0 Å². The van der Waals surface area contributed by atoms with Gasteiger partial charge in [0.2, 0.25) is 0 Å². The first-order valence-electron chi connectivity index (χ1n) is 5.34. The van der Waals surface area contributed by atoms with Crippen molar-refractivity contribution < 1.29 is 0 Å². The first-order valence-corrected chi connectivity index (χ1v) is 5.34. The predicted molar refractivity (Wildman–Crippen MR) is 58.1 cm³/mol. The number of hydrogen-bond acceptors (Lipinski definition) is 1. The SMILES string of the molecule is [C]C(CN1CCCC1)c1ccccc1. The summed E-state index contributed by atoms with van der Waals surface area (Å²) in [6.45, 7) is 11.3. The van der Waals surface area contributed by atoms with E-state index in [1.165, 1.54) is 25.9 Å². The lowest BCUT2D eigenvalue weighted by Crippen LogP contribution is -2.24. The van der Waals surface area contributed by atoms with E-state index in [-0.39, 0.29) is 5.92 Å². The molecule has 1 heteroatoms. The van der Waals surface area contributed by atoms with E-state index < -0.39 is 0 Å². The predicted octanol–water partition coefficient (Wildman–Crippen LogP) is 2.45. The zero-order chi connectivity index (χ0) is 9.80. The molecule has 2 rings (SSSR count). The van der Waals surface area contributed by atoms with Gasteiger partial charge in [0.1, 0.15) is 0 Å². The maximum Gasteiger partial charge on any atom is 0.00563 e. The molecule has 1 atom stereocenters. The maximum atomic E-state index is 8.04. The van der Waals surface area contributed by atoms with Gasteiger partial charge >= 0.3 is 0 Å². The van der Waals surface area contributed by atoms with Gasteiger partial charge in [0, 0.05) is 19.4 Å². The number of hydrogen-bond donors (Lipinski definition) is 0. The molecule has 1 aliphatic rings. The Morgan fingerprint density at radius 2 is 1.79 bits per heavy atom. The molecular formula is C13H16N. The summed E-state index contributed by atoms with van der Waals surface area (Å²) in [6, 6.07) is 10.1. The van der Waals surface area contributed by atoms with Crippen LogP contribution in [0.1, 0.15) is 24.3 Å². The molecule has 0 amide bonds. The first kappa shape index (κ1) is 9.72. The Morgan fingerprint density at radius 1 is 1.14 bits per heavy atom. The van der Waals surface area contributed by atoms with Gasteiger partial charge in [-0.15, -0.1) is 0 Å². The van der Waals surface area contributed by atoms with Gasteiger partial charge in [-0.2, -0.15) is 0 Å². The number of likely N-dealkylation sites (tertiary alicyclic amines) is 1. The molecule has 73 valence electrons. The highest BCUT2D eigenvalue weighted by molar-refractivity contribution is 5.20. The molecule has 1 saturated heterocycles. The fourth-order valence-corrected chi connectivity index (χ4v) is 2.01. The van der Waals surface area contributed by atoms with Crippen LogP contribution in [-0.2, 0) is 0 Å². The van der Waals surface area contributed by atoms with Crippen LogP contribution in [0.5, 0.6) is 0 Å². The van der Waals surface area contributed by atoms with Crippen molar-refractivity contribution in [1.29, 1.82) is 0 Å². The third-order valence-electron chi connectivity index (χ3n) is 2.84. The Bertz CT molecular complexity index is 262. The van der Waals surface area contributed by atoms with E-state index in [1.807, 2.05) is 30.3 Å². The molecule has 0 saturated carbocycles. The van der Waals surface area contributed by atoms with Crippen LogP contribution in [-0.4, -0.2) is 24.5 Å². The Morgan fingerprint density at radius 3 is 2.43 bits per heavy atom. The lowest BCUT2D eigenvalue weighted by molar-refractivity contribution is 0.329. The van der Waals surface area contributed by atoms with Gasteiger partial charge in [-0.25, -0.2) is 0 Å². The molecule has 3 radical (unpaired) electrons. The average molecular weight is 186 g/mol. The fourth-order valence-electron chi connectivity index (χ4n) is 2.01. The summed E-state index contributed by atoms with van der Waals surface area (Å²) >= 11 is 0. The van der Waals surface area contributed by atoms with Gasteiger partial charge in [0.15, 0.2) is 0 Å². The van der Waals surface area contributed by atoms with Crippen molar-refractivity contribution in [3.05, 3.63) is 42.8 Å². The molecule has 14 heavy (non-hydrogen) atoms. The van der Waals surface area contributed by atoms with Crippen molar-refractivity contribution in [2.75, 3.05) is 19.6 Å². The van der Waals surface area contributed by atoms with Gasteiger partial charge in [-0.1, -0.05) is 30.3 Å². The van der Waals surface area contributed by atoms with Crippen LogP contribution >= 0.6 is 0 Å². The van der Waals surface area contributed by atoms with Crippen molar-refractivity contribution in [3.63, 3.8) is 0 Å². The normalized spacial score (nSPS) is 19.8. The first-order chi connectivity index (χ1) is 6.86. The molecule has 0 aliphatic carbocycles. The summed E-state index contributed by atoms with van der Waals surface area (Å²) in [6.07, 6.45) is 2.61. The van der Waals surface area contributed by atoms with Crippen LogP contribution in [0.3, 0.4) is 0 Å². The van der Waals surface area contributed by atoms with Crippen LogP contribution in [0, 0.1) is 6.92 Å². The van der Waals surface area contributed by atoms with Gasteiger partial charge in [0.25, 0.3) is 0 Å². The van der Waals surface area contributed by atoms with Crippen molar-refractivity contribution in [1.82, 2.24) is 4.90 Å². The molecule has 1 unspecified atom stereocenters. The molecular weight excluding hydrogens is 170 g/mol. The zero-order valence-electron chi connectivity index (χ0n) is 8.45. The monoisotopic (exact) mass is 186 g/mol. The van der Waals surface area contributed by atoms with E-state index in [9.17, 15) is 0 Å². The smallest absolute Gasteiger partial charge is 0.00563 e. The lowest BCUT2D eigenvalue weighted by atomic mass is 10.0. The molecule has 1 fully saturated rings. The molecule has 1 heterocycles. The summed E-state index contributed by atoms with van der Waals surface area (Å²) in [4.78, 5) is 2.39. The van der Waals surface area contributed by atoms with E-state index in [4.69, 9.17) is 6.92 Å². The summed E-state index contributed by atoms with van der Waals surface area (Å²) in [5.74, 6) is -0.0747. The third kappa shape index (κ3) is 2.36. The van der Waals surface area contributed by atoms with E-state index in [0.717, 1.165) is 12.1 Å². The molecule has 1 aromatic rings. The van der Waals surface area contributed by atoms with Gasteiger partial charge in [-0.05, 0) is 31.5 Å². The largest absolute Gasteiger partial charge is 0.303 e. The lowest BCUT2D eigenvalue weighted by Gasteiger charge is -2.19. The molecule has 0 aromatic heterocycles. The standard InChI is InChI=1S/C13H16N/c1-12(11-14-9-5-6-10-14)13-7-3-2-4-8-13/h2-4,7-8,12H,5-6,9-11H2. The molecule has 1 aromatic carbocycles. The van der Waals surface area contributed by atoms with E-state index in [2.05, 4.69) is 4.90 Å². The van der Waals surface area contributed by atoms with Crippen LogP contribution in [0.2, 0.25) is 0 Å². The van der Waals surface area contributed by atoms with Crippen LogP contribution in [0.4, 0.5) is 0 Å². The van der Waals surface area contributed by atoms with Crippen LogP contribution in [0.15, 0.2) is 30.3 Å². The minimum atomic E-state index is -0.0747. The van der Waals surface area contributed by atoms with Crippen molar-refractivity contribution in [2.24, 2.45) is 0 Å². The second kappa shape index (κ2) is 4.61. The van der Waals surface area contributed by atoms with E-state index in [0.29, 0.717) is 0 Å². The van der Waals surface area contributed by atoms with Gasteiger partial charge in [0.05, 0.1) is 0 Å². The third-order valence-corrected chi connectivity index (χ3v) is 2.84. The van der Waals surface area contributed by atoms with Crippen molar-refractivity contribution in [3.8, 4) is 0 Å². The summed E-state index contributed by atoms with van der Waals surface area (Å²) in [5.41, 5.74) is 1.14. The molecule has 1 nitrogen and oxygen atoms in total. The second-order valence-corrected chi connectivity index (χ2v) is 3.97. The minimum Gasteiger partial charge on any atom is -0.303 e. The molecule has 0 bridgehead atoms. The van der Waals surface area contributed by atoms with Crippen LogP contribution < -0.4 is 0 Å². The summed E-state index contributed by atoms with van der Waals surface area (Å²) in [7, 11) is 0. The Balaban J connectivity index is 1.92. The highest BCUT2D eigenvalue weighted by Crippen LogP contribution is 2.18. The maximum absolute atomic E-state index is 8.04. The van der Waals surface area contributed by atoms with Crippen molar-refractivity contribution in [2.45, 2.75) is 18.8 Å². The topological polar surface area (TPSA) is 3.24 Å². The summed E-state index contributed by atoms with van der Waals surface area (Å²) in [5, 5.41) is 0. The van der Waals surface area contributed by atoms with Gasteiger partial charge < -0.3 is 4.90 Å². The fraction of sp³-hybridized carbons (Fsp3) is 0.462. The zero-order valence-corrected chi connectivity index (χ0v) is 8.45. The highest BCUT2D eigenvalue weighted by Gasteiger charge is 2.15. The second-order valence-electron chi connectivity index (χ2n) is 3.97.